The summed E-state index contributed by atoms with van der Waals surface area (Å²) in [4.78, 5) is 13.8. The lowest BCUT2D eigenvalue weighted by molar-refractivity contribution is 0.625. The van der Waals surface area contributed by atoms with E-state index in [1.54, 1.807) is 12.3 Å². The molecule has 0 spiro atoms. The number of halogens is 1. The number of hydrogen-bond acceptors (Lipinski definition) is 6. The highest BCUT2D eigenvalue weighted by Gasteiger charge is 2.09. The number of rotatable bonds is 4. The molecule has 0 N–H and O–H groups in total. The zero-order chi connectivity index (χ0) is 13.1. The van der Waals surface area contributed by atoms with Crippen LogP contribution in [0, 0.1) is 0 Å². The molecule has 0 bridgehead atoms. The Balaban J connectivity index is 2.26. The molecule has 96 valence electrons. The lowest BCUT2D eigenvalue weighted by Crippen LogP contribution is -2.26. The second-order valence-corrected chi connectivity index (χ2v) is 5.07. The summed E-state index contributed by atoms with van der Waals surface area (Å²) in [6.45, 7) is 3.06. The van der Waals surface area contributed by atoms with Crippen LogP contribution in [0.15, 0.2) is 17.1 Å². The summed E-state index contributed by atoms with van der Waals surface area (Å²) in [7, 11) is 1.90. The molecule has 2 heterocycles. The summed E-state index contributed by atoms with van der Waals surface area (Å²) in [6, 6.07) is 1.55. The highest BCUT2D eigenvalue weighted by atomic mass is 35.5. The van der Waals surface area contributed by atoms with Crippen LogP contribution in [0.2, 0.25) is 4.34 Å². The van der Waals surface area contributed by atoms with E-state index < -0.39 is 0 Å². The second kappa shape index (κ2) is 5.45. The Kier molecular flexibility index (Phi) is 3.93. The van der Waals surface area contributed by atoms with Crippen LogP contribution in [0.25, 0.3) is 0 Å². The summed E-state index contributed by atoms with van der Waals surface area (Å²) in [5.74, 6) is 0. The second-order valence-electron chi connectivity index (χ2n) is 3.72. The molecule has 2 rings (SSSR count). The van der Waals surface area contributed by atoms with Crippen LogP contribution in [0.4, 0.5) is 5.69 Å². The van der Waals surface area contributed by atoms with Crippen molar-refractivity contribution in [2.75, 3.05) is 18.5 Å². The Hall–Kier alpha value is -1.47. The van der Waals surface area contributed by atoms with Crippen molar-refractivity contribution >= 4 is 28.8 Å². The van der Waals surface area contributed by atoms with Crippen molar-refractivity contribution in [2.24, 2.45) is 0 Å². The Morgan fingerprint density at radius 1 is 1.56 bits per heavy atom. The predicted molar refractivity (Wildman–Crippen MR) is 71.5 cm³/mol. The fraction of sp³-hybridized carbons (Fsp3) is 0.400. The topological polar surface area (TPSA) is 63.9 Å². The van der Waals surface area contributed by atoms with Gasteiger partial charge < -0.3 is 4.90 Å². The molecule has 0 unspecified atom stereocenters. The van der Waals surface area contributed by atoms with Crippen LogP contribution in [-0.4, -0.2) is 33.0 Å². The monoisotopic (exact) mass is 285 g/mol. The number of aromatic nitrogens is 4. The number of hydrogen-bond donors (Lipinski definition) is 0. The third-order valence-electron chi connectivity index (χ3n) is 2.58. The minimum atomic E-state index is -0.183. The average Bonchev–Trinajstić information content (AvgIpc) is 2.76. The Bertz CT molecular complexity index is 596. The normalized spacial score (nSPS) is 10.6. The van der Waals surface area contributed by atoms with E-state index in [9.17, 15) is 4.79 Å². The largest absolute Gasteiger partial charge is 0.373 e. The lowest BCUT2D eigenvalue weighted by Gasteiger charge is -2.16. The average molecular weight is 286 g/mol. The van der Waals surface area contributed by atoms with E-state index in [0.29, 0.717) is 10.0 Å². The fourth-order valence-electron chi connectivity index (χ4n) is 1.37. The molecule has 6 nitrogen and oxygen atoms in total. The third-order valence-corrected chi connectivity index (χ3v) is 3.56. The fourth-order valence-corrected chi connectivity index (χ4v) is 1.98. The van der Waals surface area contributed by atoms with Gasteiger partial charge >= 0.3 is 0 Å². The van der Waals surface area contributed by atoms with Crippen molar-refractivity contribution in [2.45, 2.75) is 13.5 Å². The summed E-state index contributed by atoms with van der Waals surface area (Å²) in [5.41, 5.74) is 1.17. The van der Waals surface area contributed by atoms with Gasteiger partial charge in [-0.05, 0) is 6.92 Å². The van der Waals surface area contributed by atoms with Crippen molar-refractivity contribution in [1.82, 2.24) is 19.4 Å². The van der Waals surface area contributed by atoms with Crippen molar-refractivity contribution in [3.63, 3.8) is 0 Å². The molecule has 0 fully saturated rings. The minimum absolute atomic E-state index is 0.183. The molecule has 0 saturated heterocycles. The maximum Gasteiger partial charge on any atom is 0.269 e. The van der Waals surface area contributed by atoms with E-state index in [1.165, 1.54) is 4.68 Å². The van der Waals surface area contributed by atoms with E-state index in [-0.39, 0.29) is 12.1 Å². The van der Waals surface area contributed by atoms with Gasteiger partial charge in [0.05, 0.1) is 18.4 Å². The Morgan fingerprint density at radius 2 is 2.33 bits per heavy atom. The molecule has 0 aliphatic carbocycles. The first kappa shape index (κ1) is 13.0. The zero-order valence-corrected chi connectivity index (χ0v) is 11.6. The first-order chi connectivity index (χ1) is 8.61. The molecule has 0 amide bonds. The summed E-state index contributed by atoms with van der Waals surface area (Å²) < 4.78 is 5.51. The van der Waals surface area contributed by atoms with Gasteiger partial charge in [0, 0.05) is 31.2 Å². The van der Waals surface area contributed by atoms with Crippen molar-refractivity contribution in [3.8, 4) is 0 Å². The predicted octanol–water partition coefficient (Wildman–Crippen LogP) is 1.25. The molecule has 0 aliphatic heterocycles. The lowest BCUT2D eigenvalue weighted by atomic mass is 10.4. The quantitative estimate of drug-likeness (QED) is 0.846. The van der Waals surface area contributed by atoms with Crippen molar-refractivity contribution in [3.05, 3.63) is 32.6 Å². The van der Waals surface area contributed by atoms with Gasteiger partial charge in [0.15, 0.2) is 0 Å². The SMILES string of the molecule is CCN(C)c1cnn(Cc2nnsc2Cl)c(=O)c1. The number of anilines is 1. The van der Waals surface area contributed by atoms with Gasteiger partial charge in [-0.3, -0.25) is 4.79 Å². The molecular formula is C10H12ClN5OS. The smallest absolute Gasteiger partial charge is 0.269 e. The molecule has 18 heavy (non-hydrogen) atoms. The van der Waals surface area contributed by atoms with Crippen LogP contribution < -0.4 is 10.5 Å². The van der Waals surface area contributed by atoms with E-state index in [4.69, 9.17) is 11.6 Å². The van der Waals surface area contributed by atoms with Crippen LogP contribution in [-0.2, 0) is 6.54 Å². The van der Waals surface area contributed by atoms with Gasteiger partial charge in [0.1, 0.15) is 10.0 Å². The van der Waals surface area contributed by atoms with Gasteiger partial charge in [-0.2, -0.15) is 5.10 Å². The van der Waals surface area contributed by atoms with E-state index in [0.717, 1.165) is 23.8 Å². The van der Waals surface area contributed by atoms with Gasteiger partial charge in [0.2, 0.25) is 0 Å². The van der Waals surface area contributed by atoms with E-state index >= 15 is 0 Å². The molecule has 8 heteroatoms. The summed E-state index contributed by atoms with van der Waals surface area (Å²) >= 11 is 6.98. The Labute approximate surface area is 113 Å². The molecule has 0 radical (unpaired) electrons. The highest BCUT2D eigenvalue weighted by Crippen LogP contribution is 2.17. The van der Waals surface area contributed by atoms with Crippen LogP contribution in [0.1, 0.15) is 12.6 Å². The van der Waals surface area contributed by atoms with E-state index in [2.05, 4.69) is 14.7 Å². The van der Waals surface area contributed by atoms with Crippen LogP contribution >= 0.6 is 23.1 Å². The van der Waals surface area contributed by atoms with Crippen molar-refractivity contribution < 1.29 is 0 Å². The van der Waals surface area contributed by atoms with Gasteiger partial charge in [-0.15, -0.1) is 5.10 Å². The van der Waals surface area contributed by atoms with Gasteiger partial charge in [-0.1, -0.05) is 16.1 Å². The molecule has 2 aromatic rings. The molecular weight excluding hydrogens is 274 g/mol. The van der Waals surface area contributed by atoms with Crippen LogP contribution in [0.5, 0.6) is 0 Å². The van der Waals surface area contributed by atoms with Crippen LogP contribution in [0.3, 0.4) is 0 Å². The van der Waals surface area contributed by atoms with Gasteiger partial charge in [0.25, 0.3) is 5.56 Å². The summed E-state index contributed by atoms with van der Waals surface area (Å²) in [6.07, 6.45) is 1.65. The molecule has 0 atom stereocenters. The molecule has 0 aliphatic rings. The standard InChI is InChI=1S/C10H12ClN5OS/c1-3-15(2)7-4-9(17)16(12-5-7)6-8-10(11)18-14-13-8/h4-5H,3,6H2,1-2H3. The molecule has 0 saturated carbocycles. The van der Waals surface area contributed by atoms with Crippen molar-refractivity contribution in [1.29, 1.82) is 0 Å². The zero-order valence-electron chi connectivity index (χ0n) is 10.00. The van der Waals surface area contributed by atoms with E-state index in [1.807, 2.05) is 18.9 Å². The maximum atomic E-state index is 11.9. The molecule has 2 aromatic heterocycles. The van der Waals surface area contributed by atoms with Gasteiger partial charge in [-0.25, -0.2) is 4.68 Å². The third kappa shape index (κ3) is 2.68. The molecule has 0 aromatic carbocycles. The maximum absolute atomic E-state index is 11.9. The summed E-state index contributed by atoms with van der Waals surface area (Å²) in [5, 5.41) is 7.96. The first-order valence-corrected chi connectivity index (χ1v) is 6.52. The Morgan fingerprint density at radius 3 is 2.89 bits per heavy atom. The number of nitrogens with zero attached hydrogens (tertiary/aromatic N) is 5. The highest BCUT2D eigenvalue weighted by molar-refractivity contribution is 7.10. The minimum Gasteiger partial charge on any atom is -0.373 e. The first-order valence-electron chi connectivity index (χ1n) is 5.37.